The van der Waals surface area contributed by atoms with E-state index in [1.165, 1.54) is 0 Å². The van der Waals surface area contributed by atoms with Gasteiger partial charge in [0.15, 0.2) is 12.0 Å². The van der Waals surface area contributed by atoms with Gasteiger partial charge in [-0.3, -0.25) is 0 Å². The first kappa shape index (κ1) is 15.0. The predicted octanol–water partition coefficient (Wildman–Crippen LogP) is 1.42. The number of hydrogen-bond acceptors (Lipinski definition) is 5. The number of fused-ring (bicyclic) bond motifs is 1. The number of aliphatic hydroxyl groups is 1. The number of aryl methyl sites for hydroxylation is 2. The van der Waals surface area contributed by atoms with Crippen LogP contribution < -0.4 is 0 Å². The Morgan fingerprint density at radius 2 is 1.95 bits per heavy atom. The minimum Gasteiger partial charge on any atom is -0.394 e. The van der Waals surface area contributed by atoms with Crippen LogP contribution >= 0.6 is 0 Å². The molecule has 0 aromatic carbocycles. The molecule has 2 fully saturated rings. The van der Waals surface area contributed by atoms with Crippen LogP contribution in [0, 0.1) is 0 Å². The first-order chi connectivity index (χ1) is 9.99. The summed E-state index contributed by atoms with van der Waals surface area (Å²) in [6.07, 6.45) is 0.539. The van der Waals surface area contributed by atoms with Gasteiger partial charge in [0.05, 0.1) is 12.3 Å². The van der Waals surface area contributed by atoms with Gasteiger partial charge >= 0.3 is 0 Å². The van der Waals surface area contributed by atoms with Crippen LogP contribution in [-0.2, 0) is 27.1 Å². The summed E-state index contributed by atoms with van der Waals surface area (Å²) in [5, 5.41) is 14.2. The van der Waals surface area contributed by atoms with Crippen molar-refractivity contribution in [2.75, 3.05) is 6.61 Å². The maximum absolute atomic E-state index is 9.54. The highest BCUT2D eigenvalue weighted by atomic mass is 16.8. The third-order valence-electron chi connectivity index (χ3n) is 4.13. The molecule has 2 aliphatic heterocycles. The van der Waals surface area contributed by atoms with Gasteiger partial charge in [0.2, 0.25) is 0 Å². The zero-order valence-electron chi connectivity index (χ0n) is 13.1. The van der Waals surface area contributed by atoms with Crippen molar-refractivity contribution < 1.29 is 19.3 Å². The molecule has 0 amide bonds. The van der Waals surface area contributed by atoms with Gasteiger partial charge < -0.3 is 19.3 Å². The molecule has 4 atom stereocenters. The second-order valence-electron chi connectivity index (χ2n) is 6.09. The van der Waals surface area contributed by atoms with Crippen LogP contribution in [0.1, 0.15) is 45.3 Å². The lowest BCUT2D eigenvalue weighted by molar-refractivity contribution is -0.201. The van der Waals surface area contributed by atoms with Crippen LogP contribution in [-0.4, -0.2) is 45.6 Å². The topological polar surface area (TPSA) is 65.7 Å². The van der Waals surface area contributed by atoms with E-state index >= 15 is 0 Å². The van der Waals surface area contributed by atoms with E-state index in [4.69, 9.17) is 14.2 Å². The minimum atomic E-state index is -0.655. The van der Waals surface area contributed by atoms with Gasteiger partial charge in [-0.25, -0.2) is 4.68 Å². The molecular weight excluding hydrogens is 272 g/mol. The molecule has 6 heteroatoms. The van der Waals surface area contributed by atoms with E-state index in [0.717, 1.165) is 24.2 Å². The molecule has 6 nitrogen and oxygen atoms in total. The predicted molar refractivity (Wildman–Crippen MR) is 75.8 cm³/mol. The highest BCUT2D eigenvalue weighted by molar-refractivity contribution is 5.12. The lowest BCUT2D eigenvalue weighted by Crippen LogP contribution is -2.31. The molecular formula is C15H24N2O4. The third-order valence-corrected chi connectivity index (χ3v) is 4.13. The van der Waals surface area contributed by atoms with E-state index in [1.54, 1.807) is 0 Å². The Morgan fingerprint density at radius 1 is 1.24 bits per heavy atom. The molecule has 0 saturated carbocycles. The highest BCUT2D eigenvalue weighted by Gasteiger charge is 2.56. The molecule has 118 valence electrons. The van der Waals surface area contributed by atoms with E-state index in [1.807, 2.05) is 18.5 Å². The quantitative estimate of drug-likeness (QED) is 0.910. The average Bonchev–Trinajstić information content (AvgIpc) is 3.08. The van der Waals surface area contributed by atoms with Crippen LogP contribution in [0.25, 0.3) is 0 Å². The number of ether oxygens (including phenoxy) is 3. The van der Waals surface area contributed by atoms with Gasteiger partial charge in [-0.1, -0.05) is 13.8 Å². The standard InChI is InChI=1S/C15H24N2O4/c1-5-9-7-10(6-2)17(16-9)14-13-12(11(8-18)19-14)20-15(3,4)21-13/h7,11-14,18H,5-6,8H2,1-4H3/t11-,12-,13-,14-/m1/s1. The number of hydrogen-bond donors (Lipinski definition) is 1. The van der Waals surface area contributed by atoms with Crippen molar-refractivity contribution in [3.8, 4) is 0 Å². The van der Waals surface area contributed by atoms with Crippen LogP contribution in [0.3, 0.4) is 0 Å². The number of aromatic nitrogens is 2. The normalized spacial score (nSPS) is 34.3. The van der Waals surface area contributed by atoms with E-state index in [-0.39, 0.29) is 31.1 Å². The number of nitrogens with zero attached hydrogens (tertiary/aromatic N) is 2. The molecule has 2 aliphatic rings. The molecule has 0 bridgehead atoms. The minimum absolute atomic E-state index is 0.0829. The smallest absolute Gasteiger partial charge is 0.179 e. The molecule has 0 unspecified atom stereocenters. The van der Waals surface area contributed by atoms with Gasteiger partial charge in [-0.05, 0) is 32.8 Å². The summed E-state index contributed by atoms with van der Waals surface area (Å²) >= 11 is 0. The van der Waals surface area contributed by atoms with Gasteiger partial charge in [-0.15, -0.1) is 0 Å². The lowest BCUT2D eigenvalue weighted by Gasteiger charge is -2.24. The summed E-state index contributed by atoms with van der Waals surface area (Å²) in [4.78, 5) is 0. The maximum Gasteiger partial charge on any atom is 0.179 e. The van der Waals surface area contributed by atoms with E-state index in [2.05, 4.69) is 25.0 Å². The van der Waals surface area contributed by atoms with Gasteiger partial charge in [0.25, 0.3) is 0 Å². The SMILES string of the molecule is CCc1cc(CC)n([C@@H]2O[C@H](CO)[C@H]3OC(C)(C)O[C@H]32)n1. The third kappa shape index (κ3) is 2.50. The summed E-state index contributed by atoms with van der Waals surface area (Å²) in [5.41, 5.74) is 2.15. The Balaban J connectivity index is 1.93. The summed E-state index contributed by atoms with van der Waals surface area (Å²) in [5.74, 6) is -0.655. The molecule has 0 aliphatic carbocycles. The molecule has 1 aromatic heterocycles. The van der Waals surface area contributed by atoms with Crippen LogP contribution in [0.15, 0.2) is 6.07 Å². The van der Waals surface area contributed by atoms with Crippen LogP contribution in [0.5, 0.6) is 0 Å². The lowest BCUT2D eigenvalue weighted by atomic mass is 10.1. The second-order valence-corrected chi connectivity index (χ2v) is 6.09. The molecule has 1 aromatic rings. The summed E-state index contributed by atoms with van der Waals surface area (Å²) in [6.45, 7) is 7.87. The van der Waals surface area contributed by atoms with Crippen molar-refractivity contribution in [3.05, 3.63) is 17.5 Å². The Hall–Kier alpha value is -0.950. The van der Waals surface area contributed by atoms with E-state index in [0.29, 0.717) is 0 Å². The van der Waals surface area contributed by atoms with Crippen molar-refractivity contribution in [3.63, 3.8) is 0 Å². The summed E-state index contributed by atoms with van der Waals surface area (Å²) in [7, 11) is 0. The Bertz CT molecular complexity index is 514. The zero-order chi connectivity index (χ0) is 15.2. The Kier molecular flexibility index (Phi) is 3.81. The maximum atomic E-state index is 9.54. The second kappa shape index (κ2) is 5.35. The Morgan fingerprint density at radius 3 is 2.57 bits per heavy atom. The van der Waals surface area contributed by atoms with Crippen molar-refractivity contribution in [1.29, 1.82) is 0 Å². The first-order valence-corrected chi connectivity index (χ1v) is 7.68. The molecule has 0 radical (unpaired) electrons. The highest BCUT2D eigenvalue weighted by Crippen LogP contribution is 2.43. The molecule has 1 N–H and O–H groups in total. The molecule has 3 heterocycles. The monoisotopic (exact) mass is 296 g/mol. The largest absolute Gasteiger partial charge is 0.394 e. The van der Waals surface area contributed by atoms with Crippen molar-refractivity contribution in [2.24, 2.45) is 0 Å². The molecule has 2 saturated heterocycles. The Labute approximate surface area is 125 Å². The molecule has 0 spiro atoms. The van der Waals surface area contributed by atoms with Crippen LogP contribution in [0.4, 0.5) is 0 Å². The fraction of sp³-hybridized carbons (Fsp3) is 0.800. The number of aliphatic hydroxyl groups excluding tert-OH is 1. The van der Waals surface area contributed by atoms with Crippen molar-refractivity contribution in [2.45, 2.75) is 70.9 Å². The summed E-state index contributed by atoms with van der Waals surface area (Å²) < 4.78 is 19.7. The fourth-order valence-electron chi connectivity index (χ4n) is 3.15. The molecule has 3 rings (SSSR count). The van der Waals surface area contributed by atoms with E-state index in [9.17, 15) is 5.11 Å². The summed E-state index contributed by atoms with van der Waals surface area (Å²) in [6, 6.07) is 2.10. The van der Waals surface area contributed by atoms with Gasteiger partial charge in [0, 0.05) is 5.69 Å². The van der Waals surface area contributed by atoms with Crippen molar-refractivity contribution >= 4 is 0 Å². The molecule has 21 heavy (non-hydrogen) atoms. The average molecular weight is 296 g/mol. The van der Waals surface area contributed by atoms with E-state index < -0.39 is 5.79 Å². The van der Waals surface area contributed by atoms with Gasteiger partial charge in [-0.2, -0.15) is 5.10 Å². The van der Waals surface area contributed by atoms with Crippen molar-refractivity contribution in [1.82, 2.24) is 9.78 Å². The first-order valence-electron chi connectivity index (χ1n) is 7.68. The van der Waals surface area contributed by atoms with Gasteiger partial charge in [0.1, 0.15) is 18.3 Å². The zero-order valence-corrected chi connectivity index (χ0v) is 13.1. The fourth-order valence-corrected chi connectivity index (χ4v) is 3.15. The number of rotatable bonds is 4. The van der Waals surface area contributed by atoms with Crippen LogP contribution in [0.2, 0.25) is 0 Å².